The first-order chi connectivity index (χ1) is 15.0. The minimum absolute atomic E-state index is 0.157. The van der Waals surface area contributed by atoms with Gasteiger partial charge in [-0.1, -0.05) is 18.2 Å². The molecule has 0 saturated carbocycles. The van der Waals surface area contributed by atoms with Gasteiger partial charge in [0.15, 0.2) is 0 Å². The Hall–Kier alpha value is -2.87. The average molecular weight is 456 g/mol. The molecule has 8 heteroatoms. The van der Waals surface area contributed by atoms with E-state index in [4.69, 9.17) is 0 Å². The van der Waals surface area contributed by atoms with Crippen molar-refractivity contribution in [2.45, 2.75) is 27.7 Å². The van der Waals surface area contributed by atoms with Gasteiger partial charge in [-0.3, -0.25) is 9.59 Å². The number of carbonyl (C=O) groups is 2. The summed E-state index contributed by atoms with van der Waals surface area (Å²) < 4.78 is 26.0. The second-order valence-corrected chi connectivity index (χ2v) is 11.1. The topological polar surface area (TPSA) is 78.0 Å². The standard InChI is InChI=1S/C24H29N3O4S/c1-17-7-5-10-21(18(17)2)25-11-13-26(14-12-25)22(28)19-8-6-9-20(15-19)27-23(29)24(3,4)16-32(27,30)31/h5-10,15H,11-14,16H2,1-4H3. The molecule has 7 nitrogen and oxygen atoms in total. The number of aryl methyl sites for hydroxylation is 1. The van der Waals surface area contributed by atoms with Crippen molar-refractivity contribution in [3.63, 3.8) is 0 Å². The maximum absolute atomic E-state index is 13.2. The molecule has 32 heavy (non-hydrogen) atoms. The lowest BCUT2D eigenvalue weighted by Crippen LogP contribution is -2.49. The first-order valence-corrected chi connectivity index (χ1v) is 12.4. The summed E-state index contributed by atoms with van der Waals surface area (Å²) in [5.41, 5.74) is 3.31. The number of carbonyl (C=O) groups excluding carboxylic acids is 2. The van der Waals surface area contributed by atoms with Crippen LogP contribution in [0.5, 0.6) is 0 Å². The van der Waals surface area contributed by atoms with Crippen molar-refractivity contribution >= 4 is 33.2 Å². The van der Waals surface area contributed by atoms with Gasteiger partial charge >= 0.3 is 0 Å². The summed E-state index contributed by atoms with van der Waals surface area (Å²) in [5, 5.41) is 0. The van der Waals surface area contributed by atoms with Gasteiger partial charge in [0, 0.05) is 37.4 Å². The van der Waals surface area contributed by atoms with E-state index in [1.807, 2.05) is 0 Å². The highest BCUT2D eigenvalue weighted by Crippen LogP contribution is 2.36. The molecular formula is C24H29N3O4S. The molecule has 0 aromatic heterocycles. The van der Waals surface area contributed by atoms with Gasteiger partial charge in [-0.25, -0.2) is 12.7 Å². The van der Waals surface area contributed by atoms with E-state index in [1.54, 1.807) is 36.9 Å². The number of piperazine rings is 1. The number of hydrogen-bond donors (Lipinski definition) is 0. The maximum Gasteiger partial charge on any atom is 0.254 e. The Morgan fingerprint density at radius 3 is 2.25 bits per heavy atom. The van der Waals surface area contributed by atoms with Crippen LogP contribution in [0.1, 0.15) is 35.3 Å². The summed E-state index contributed by atoms with van der Waals surface area (Å²) in [7, 11) is -3.76. The Kier molecular flexibility index (Phi) is 5.53. The number of benzene rings is 2. The van der Waals surface area contributed by atoms with Crippen molar-refractivity contribution in [1.29, 1.82) is 0 Å². The lowest BCUT2D eigenvalue weighted by molar-refractivity contribution is -0.123. The van der Waals surface area contributed by atoms with Crippen LogP contribution in [0, 0.1) is 19.3 Å². The zero-order valence-electron chi connectivity index (χ0n) is 19.0. The smallest absolute Gasteiger partial charge is 0.254 e. The van der Waals surface area contributed by atoms with E-state index in [-0.39, 0.29) is 17.3 Å². The quantitative estimate of drug-likeness (QED) is 0.711. The van der Waals surface area contributed by atoms with Gasteiger partial charge < -0.3 is 9.80 Å². The SMILES string of the molecule is Cc1cccc(N2CCN(C(=O)c3cccc(N4C(=O)C(C)(C)CS4(=O)=O)c3)CC2)c1C. The van der Waals surface area contributed by atoms with E-state index in [1.165, 1.54) is 22.9 Å². The van der Waals surface area contributed by atoms with Crippen LogP contribution in [0.2, 0.25) is 0 Å². The van der Waals surface area contributed by atoms with Crippen LogP contribution in [0.25, 0.3) is 0 Å². The number of anilines is 2. The van der Waals surface area contributed by atoms with Gasteiger partial charge in [0.25, 0.3) is 5.91 Å². The summed E-state index contributed by atoms with van der Waals surface area (Å²) in [6.07, 6.45) is 0. The number of rotatable bonds is 3. The fourth-order valence-corrected chi connectivity index (χ4v) is 6.54. The van der Waals surface area contributed by atoms with Crippen LogP contribution in [0.4, 0.5) is 11.4 Å². The molecule has 0 N–H and O–H groups in total. The van der Waals surface area contributed by atoms with E-state index in [2.05, 4.69) is 36.9 Å². The molecule has 0 bridgehead atoms. The molecule has 0 unspecified atom stereocenters. The number of hydrogen-bond acceptors (Lipinski definition) is 5. The molecule has 2 fully saturated rings. The second kappa shape index (κ2) is 7.92. The van der Waals surface area contributed by atoms with Gasteiger partial charge in [0.1, 0.15) is 0 Å². The zero-order chi connectivity index (χ0) is 23.3. The summed E-state index contributed by atoms with van der Waals surface area (Å²) in [6, 6.07) is 12.6. The third-order valence-corrected chi connectivity index (χ3v) is 8.42. The normalized spacial score (nSPS) is 20.0. The van der Waals surface area contributed by atoms with Gasteiger partial charge in [0.05, 0.1) is 16.9 Å². The molecule has 2 saturated heterocycles. The van der Waals surface area contributed by atoms with Crippen molar-refractivity contribution in [2.75, 3.05) is 41.1 Å². The van der Waals surface area contributed by atoms with Gasteiger partial charge in [-0.15, -0.1) is 0 Å². The Morgan fingerprint density at radius 1 is 0.969 bits per heavy atom. The van der Waals surface area contributed by atoms with Crippen molar-refractivity contribution in [3.8, 4) is 0 Å². The van der Waals surface area contributed by atoms with Crippen molar-refractivity contribution in [3.05, 3.63) is 59.2 Å². The summed E-state index contributed by atoms with van der Waals surface area (Å²) in [4.78, 5) is 29.9. The van der Waals surface area contributed by atoms with Crippen LogP contribution in [0.15, 0.2) is 42.5 Å². The van der Waals surface area contributed by atoms with Crippen LogP contribution < -0.4 is 9.21 Å². The van der Waals surface area contributed by atoms with Gasteiger partial charge in [-0.05, 0) is 63.1 Å². The Bertz CT molecular complexity index is 1180. The van der Waals surface area contributed by atoms with E-state index >= 15 is 0 Å². The average Bonchev–Trinajstić information content (AvgIpc) is 2.92. The highest BCUT2D eigenvalue weighted by atomic mass is 32.2. The van der Waals surface area contributed by atoms with Crippen LogP contribution in [0.3, 0.4) is 0 Å². The monoisotopic (exact) mass is 455 g/mol. The number of amides is 2. The third kappa shape index (κ3) is 3.88. The molecule has 2 aliphatic rings. The Morgan fingerprint density at radius 2 is 1.62 bits per heavy atom. The predicted octanol–water partition coefficient (Wildman–Crippen LogP) is 2.97. The molecular weight excluding hydrogens is 426 g/mol. The lowest BCUT2D eigenvalue weighted by Gasteiger charge is -2.37. The van der Waals surface area contributed by atoms with Crippen molar-refractivity contribution in [1.82, 2.24) is 4.90 Å². The van der Waals surface area contributed by atoms with Crippen molar-refractivity contribution < 1.29 is 18.0 Å². The summed E-state index contributed by atoms with van der Waals surface area (Å²) >= 11 is 0. The maximum atomic E-state index is 13.2. The van der Waals surface area contributed by atoms with Crippen LogP contribution in [-0.4, -0.2) is 57.1 Å². The van der Waals surface area contributed by atoms with E-state index in [9.17, 15) is 18.0 Å². The highest BCUT2D eigenvalue weighted by molar-refractivity contribution is 7.94. The van der Waals surface area contributed by atoms with E-state index in [0.29, 0.717) is 18.7 Å². The Labute approximate surface area is 189 Å². The van der Waals surface area contributed by atoms with E-state index < -0.39 is 21.3 Å². The molecule has 0 aliphatic carbocycles. The van der Waals surface area contributed by atoms with Crippen LogP contribution in [-0.2, 0) is 14.8 Å². The molecule has 2 aromatic rings. The minimum Gasteiger partial charge on any atom is -0.368 e. The molecule has 2 aliphatic heterocycles. The summed E-state index contributed by atoms with van der Waals surface area (Å²) in [6.45, 7) is 10.1. The molecule has 4 rings (SSSR count). The number of sulfonamides is 1. The molecule has 2 amide bonds. The van der Waals surface area contributed by atoms with Crippen LogP contribution >= 0.6 is 0 Å². The summed E-state index contributed by atoms with van der Waals surface area (Å²) in [5.74, 6) is -0.864. The molecule has 0 radical (unpaired) electrons. The van der Waals surface area contributed by atoms with E-state index in [0.717, 1.165) is 17.4 Å². The molecule has 2 heterocycles. The lowest BCUT2D eigenvalue weighted by atomic mass is 9.95. The molecule has 170 valence electrons. The largest absolute Gasteiger partial charge is 0.368 e. The fourth-order valence-electron chi connectivity index (χ4n) is 4.44. The number of nitrogens with zero attached hydrogens (tertiary/aromatic N) is 3. The predicted molar refractivity (Wildman–Crippen MR) is 126 cm³/mol. The molecule has 2 aromatic carbocycles. The van der Waals surface area contributed by atoms with Crippen molar-refractivity contribution in [2.24, 2.45) is 5.41 Å². The minimum atomic E-state index is -3.76. The first-order valence-electron chi connectivity index (χ1n) is 10.8. The second-order valence-electron chi connectivity index (χ2n) is 9.26. The van der Waals surface area contributed by atoms with Gasteiger partial charge in [0.2, 0.25) is 15.9 Å². The first kappa shape index (κ1) is 22.3. The molecule has 0 spiro atoms. The molecule has 0 atom stereocenters. The highest BCUT2D eigenvalue weighted by Gasteiger charge is 2.50. The third-order valence-electron chi connectivity index (χ3n) is 6.40. The Balaban J connectivity index is 1.51. The fraction of sp³-hybridized carbons (Fsp3) is 0.417. The van der Waals surface area contributed by atoms with Gasteiger partial charge in [-0.2, -0.15) is 0 Å². The zero-order valence-corrected chi connectivity index (χ0v) is 19.8.